The average Bonchev–Trinajstić information content (AvgIpc) is 2.33. The van der Waals surface area contributed by atoms with E-state index in [2.05, 4.69) is 64.3 Å². The maximum atomic E-state index is 8.82. The summed E-state index contributed by atoms with van der Waals surface area (Å²) in [4.78, 5) is 2.40. The second-order valence-corrected chi connectivity index (χ2v) is 5.82. The second kappa shape index (κ2) is 5.73. The van der Waals surface area contributed by atoms with Gasteiger partial charge in [0.2, 0.25) is 0 Å². The number of benzene rings is 1. The zero-order valence-electron chi connectivity index (χ0n) is 10.8. The Hall–Kier alpha value is -1.05. The molecule has 1 N–H and O–H groups in total. The van der Waals surface area contributed by atoms with Gasteiger partial charge in [0, 0.05) is 35.3 Å². The lowest BCUT2D eigenvalue weighted by atomic mass is 10.0. The van der Waals surface area contributed by atoms with Crippen LogP contribution >= 0.6 is 15.9 Å². The molecule has 0 saturated carbocycles. The smallest absolute Gasteiger partial charge is 0.0638 e. The van der Waals surface area contributed by atoms with Gasteiger partial charge in [0.15, 0.2) is 0 Å². The van der Waals surface area contributed by atoms with Crippen LogP contribution in [0.5, 0.6) is 0 Å². The zero-order valence-corrected chi connectivity index (χ0v) is 12.4. The van der Waals surface area contributed by atoms with E-state index in [1.54, 1.807) is 0 Å². The summed E-state index contributed by atoms with van der Waals surface area (Å²) < 4.78 is 1.11. The van der Waals surface area contributed by atoms with Gasteiger partial charge >= 0.3 is 0 Å². The third-order valence-electron chi connectivity index (χ3n) is 3.46. The zero-order chi connectivity index (χ0) is 13.1. The molecule has 1 heterocycles. The van der Waals surface area contributed by atoms with Crippen molar-refractivity contribution < 1.29 is 0 Å². The molecule has 0 aliphatic carbocycles. The number of aryl methyl sites for hydroxylation is 1. The molecule has 0 bridgehead atoms. The van der Waals surface area contributed by atoms with Gasteiger partial charge in [-0.3, -0.25) is 0 Å². The standard InChI is InChI=1S/C14H18BrN3/c1-10-7-12(15)3-4-14(10)18-9-13(5-6-16)17-8-11(18)2/h3-4,7,11,13,17H,5,8-9H2,1-2H3. The largest absolute Gasteiger partial charge is 0.366 e. The van der Waals surface area contributed by atoms with Crippen molar-refractivity contribution in [3.05, 3.63) is 28.2 Å². The summed E-state index contributed by atoms with van der Waals surface area (Å²) in [5.41, 5.74) is 2.55. The van der Waals surface area contributed by atoms with Crippen LogP contribution in [-0.2, 0) is 0 Å². The van der Waals surface area contributed by atoms with Gasteiger partial charge in [-0.05, 0) is 37.6 Å². The normalized spacial score (nSPS) is 23.8. The van der Waals surface area contributed by atoms with Crippen LogP contribution in [0.2, 0.25) is 0 Å². The number of nitrogens with zero attached hydrogens (tertiary/aromatic N) is 2. The first kappa shape index (κ1) is 13.4. The van der Waals surface area contributed by atoms with Gasteiger partial charge in [-0.25, -0.2) is 0 Å². The molecule has 1 saturated heterocycles. The van der Waals surface area contributed by atoms with E-state index >= 15 is 0 Å². The van der Waals surface area contributed by atoms with Gasteiger partial charge in [-0.15, -0.1) is 0 Å². The van der Waals surface area contributed by atoms with Gasteiger partial charge in [0.1, 0.15) is 0 Å². The molecule has 1 aliphatic heterocycles. The molecule has 0 spiro atoms. The summed E-state index contributed by atoms with van der Waals surface area (Å²) in [6.45, 7) is 6.18. The summed E-state index contributed by atoms with van der Waals surface area (Å²) >= 11 is 3.50. The molecule has 3 nitrogen and oxygen atoms in total. The Bertz CT molecular complexity index is 467. The Morgan fingerprint density at radius 2 is 2.33 bits per heavy atom. The van der Waals surface area contributed by atoms with Crippen molar-refractivity contribution >= 4 is 21.6 Å². The van der Waals surface area contributed by atoms with Crippen LogP contribution in [0.3, 0.4) is 0 Å². The molecule has 1 fully saturated rings. The Kier molecular flexibility index (Phi) is 4.26. The number of nitriles is 1. The maximum absolute atomic E-state index is 8.82. The van der Waals surface area contributed by atoms with Gasteiger partial charge in [0.25, 0.3) is 0 Å². The highest BCUT2D eigenvalue weighted by Crippen LogP contribution is 2.27. The molecule has 1 aromatic carbocycles. The Balaban J connectivity index is 2.22. The van der Waals surface area contributed by atoms with Gasteiger partial charge in [-0.1, -0.05) is 15.9 Å². The molecule has 2 atom stereocenters. The van der Waals surface area contributed by atoms with Crippen molar-refractivity contribution in [2.45, 2.75) is 32.4 Å². The molecule has 1 aromatic rings. The topological polar surface area (TPSA) is 39.1 Å². The van der Waals surface area contributed by atoms with Gasteiger partial charge < -0.3 is 10.2 Å². The van der Waals surface area contributed by atoms with Crippen LogP contribution in [0.25, 0.3) is 0 Å². The van der Waals surface area contributed by atoms with Crippen molar-refractivity contribution in [2.24, 2.45) is 0 Å². The van der Waals surface area contributed by atoms with E-state index in [4.69, 9.17) is 5.26 Å². The Morgan fingerprint density at radius 1 is 1.56 bits per heavy atom. The minimum atomic E-state index is 0.272. The molecule has 18 heavy (non-hydrogen) atoms. The predicted molar refractivity (Wildman–Crippen MR) is 77.7 cm³/mol. The lowest BCUT2D eigenvalue weighted by molar-refractivity contribution is 0.408. The van der Waals surface area contributed by atoms with E-state index in [9.17, 15) is 0 Å². The first-order chi connectivity index (χ1) is 8.61. The number of hydrogen-bond acceptors (Lipinski definition) is 3. The second-order valence-electron chi connectivity index (χ2n) is 4.90. The molecule has 96 valence electrons. The fraction of sp³-hybridized carbons (Fsp3) is 0.500. The van der Waals surface area contributed by atoms with Crippen LogP contribution in [0, 0.1) is 18.3 Å². The van der Waals surface area contributed by atoms with E-state index in [1.165, 1.54) is 11.3 Å². The third kappa shape index (κ3) is 2.85. The highest BCUT2D eigenvalue weighted by Gasteiger charge is 2.25. The molecule has 0 radical (unpaired) electrons. The molecular weight excluding hydrogens is 290 g/mol. The van der Waals surface area contributed by atoms with Crippen molar-refractivity contribution in [3.8, 4) is 6.07 Å². The summed E-state index contributed by atoms with van der Waals surface area (Å²) in [6.07, 6.45) is 0.568. The van der Waals surface area contributed by atoms with Crippen LogP contribution in [0.15, 0.2) is 22.7 Å². The number of nitrogens with one attached hydrogen (secondary N) is 1. The van der Waals surface area contributed by atoms with E-state index < -0.39 is 0 Å². The highest BCUT2D eigenvalue weighted by molar-refractivity contribution is 9.10. The number of anilines is 1. The first-order valence-corrected chi connectivity index (χ1v) is 7.04. The Labute approximate surface area is 117 Å². The molecule has 2 unspecified atom stereocenters. The fourth-order valence-corrected chi connectivity index (χ4v) is 2.93. The lowest BCUT2D eigenvalue weighted by Crippen LogP contribution is -2.55. The number of piperazine rings is 1. The molecule has 1 aliphatic rings. The highest BCUT2D eigenvalue weighted by atomic mass is 79.9. The SMILES string of the molecule is Cc1cc(Br)ccc1N1CC(CC#N)NCC1C. The minimum absolute atomic E-state index is 0.272. The summed E-state index contributed by atoms with van der Waals surface area (Å²) in [6, 6.07) is 9.36. The van der Waals surface area contributed by atoms with Crippen molar-refractivity contribution in [3.63, 3.8) is 0 Å². The monoisotopic (exact) mass is 307 g/mol. The van der Waals surface area contributed by atoms with Crippen LogP contribution < -0.4 is 10.2 Å². The summed E-state index contributed by atoms with van der Waals surface area (Å²) in [5.74, 6) is 0. The van der Waals surface area contributed by atoms with Gasteiger partial charge in [0.05, 0.1) is 12.5 Å². The van der Waals surface area contributed by atoms with E-state index in [0.717, 1.165) is 17.6 Å². The molecule has 2 rings (SSSR count). The quantitative estimate of drug-likeness (QED) is 0.913. The minimum Gasteiger partial charge on any atom is -0.366 e. The number of rotatable bonds is 2. The maximum Gasteiger partial charge on any atom is 0.0638 e. The molecular formula is C14H18BrN3. The van der Waals surface area contributed by atoms with Gasteiger partial charge in [-0.2, -0.15) is 5.26 Å². The van der Waals surface area contributed by atoms with Crippen LogP contribution in [-0.4, -0.2) is 25.2 Å². The summed E-state index contributed by atoms with van der Waals surface area (Å²) in [5, 5.41) is 12.2. The fourth-order valence-electron chi connectivity index (χ4n) is 2.45. The summed E-state index contributed by atoms with van der Waals surface area (Å²) in [7, 11) is 0. The van der Waals surface area contributed by atoms with Crippen LogP contribution in [0.4, 0.5) is 5.69 Å². The number of halogens is 1. The van der Waals surface area contributed by atoms with E-state index in [1.807, 2.05) is 0 Å². The van der Waals surface area contributed by atoms with Crippen molar-refractivity contribution in [1.82, 2.24) is 5.32 Å². The third-order valence-corrected chi connectivity index (χ3v) is 3.95. The van der Waals surface area contributed by atoms with Crippen LogP contribution in [0.1, 0.15) is 18.9 Å². The lowest BCUT2D eigenvalue weighted by Gasteiger charge is -2.40. The average molecular weight is 308 g/mol. The molecule has 4 heteroatoms. The number of hydrogen-bond donors (Lipinski definition) is 1. The Morgan fingerprint density at radius 3 is 3.00 bits per heavy atom. The molecule has 0 aromatic heterocycles. The van der Waals surface area contributed by atoms with Crippen molar-refractivity contribution in [2.75, 3.05) is 18.0 Å². The van der Waals surface area contributed by atoms with E-state index in [-0.39, 0.29) is 6.04 Å². The van der Waals surface area contributed by atoms with Crippen molar-refractivity contribution in [1.29, 1.82) is 5.26 Å². The molecule has 0 amide bonds. The predicted octanol–water partition coefficient (Wildman–Crippen LogP) is 2.84. The van der Waals surface area contributed by atoms with E-state index in [0.29, 0.717) is 12.5 Å². The first-order valence-electron chi connectivity index (χ1n) is 6.25.